The van der Waals surface area contributed by atoms with Gasteiger partial charge in [-0.15, -0.1) is 0 Å². The lowest BCUT2D eigenvalue weighted by atomic mass is 9.92. The molecule has 0 spiro atoms. The summed E-state index contributed by atoms with van der Waals surface area (Å²) in [5, 5.41) is 2.48. The van der Waals surface area contributed by atoms with Crippen LogP contribution in [0.5, 0.6) is 0 Å². The molecular formula is C21H21FN2O4. The Balaban J connectivity index is 1.73. The van der Waals surface area contributed by atoms with Crippen molar-refractivity contribution in [2.24, 2.45) is 0 Å². The Morgan fingerprint density at radius 1 is 1.21 bits per heavy atom. The van der Waals surface area contributed by atoms with E-state index in [0.717, 1.165) is 11.6 Å². The molecule has 146 valence electrons. The van der Waals surface area contributed by atoms with Crippen molar-refractivity contribution in [2.45, 2.75) is 32.9 Å². The van der Waals surface area contributed by atoms with Crippen LogP contribution >= 0.6 is 0 Å². The number of Topliss-reactive ketones (excluding diaryl/α,β-unsaturated/α-hetero) is 1. The summed E-state index contributed by atoms with van der Waals surface area (Å²) >= 11 is 0. The second kappa shape index (κ2) is 8.21. The van der Waals surface area contributed by atoms with Gasteiger partial charge in [-0.2, -0.15) is 0 Å². The Bertz CT molecular complexity index is 914. The van der Waals surface area contributed by atoms with Crippen LogP contribution in [0.15, 0.2) is 42.5 Å². The Morgan fingerprint density at radius 3 is 2.54 bits per heavy atom. The third-order valence-corrected chi connectivity index (χ3v) is 4.64. The molecule has 2 aromatic carbocycles. The molecule has 2 amide bonds. The summed E-state index contributed by atoms with van der Waals surface area (Å²) in [5.74, 6) is -1.28. The number of aryl methyl sites for hydroxylation is 1. The normalized spacial score (nSPS) is 15.5. The van der Waals surface area contributed by atoms with Crippen LogP contribution in [-0.4, -0.2) is 35.3 Å². The maximum atomic E-state index is 13.9. The molecule has 0 aliphatic carbocycles. The summed E-state index contributed by atoms with van der Waals surface area (Å²) in [4.78, 5) is 38.1. The highest BCUT2D eigenvalue weighted by atomic mass is 19.1. The number of ether oxygens (including phenoxy) is 1. The van der Waals surface area contributed by atoms with Crippen LogP contribution in [0.3, 0.4) is 0 Å². The number of hydrogen-bond acceptors (Lipinski definition) is 4. The van der Waals surface area contributed by atoms with Gasteiger partial charge in [0, 0.05) is 19.0 Å². The van der Waals surface area contributed by atoms with Gasteiger partial charge in [-0.05, 0) is 36.6 Å². The van der Waals surface area contributed by atoms with Crippen molar-refractivity contribution in [1.29, 1.82) is 0 Å². The van der Waals surface area contributed by atoms with Crippen molar-refractivity contribution >= 4 is 23.5 Å². The first kappa shape index (κ1) is 19.5. The van der Waals surface area contributed by atoms with Crippen molar-refractivity contribution < 1.29 is 23.5 Å². The van der Waals surface area contributed by atoms with Gasteiger partial charge in [-0.25, -0.2) is 9.18 Å². The van der Waals surface area contributed by atoms with Crippen LogP contribution in [-0.2, 0) is 16.1 Å². The van der Waals surface area contributed by atoms with Gasteiger partial charge in [-0.1, -0.05) is 30.3 Å². The smallest absolute Gasteiger partial charge is 0.410 e. The number of carbonyl (C=O) groups is 3. The number of hydrogen-bond donors (Lipinski definition) is 1. The van der Waals surface area contributed by atoms with E-state index in [4.69, 9.17) is 4.74 Å². The van der Waals surface area contributed by atoms with Gasteiger partial charge in [0.25, 0.3) is 0 Å². The Morgan fingerprint density at radius 2 is 1.93 bits per heavy atom. The van der Waals surface area contributed by atoms with E-state index in [9.17, 15) is 18.8 Å². The molecule has 1 aliphatic heterocycles. The zero-order valence-electron chi connectivity index (χ0n) is 15.7. The Kier molecular flexibility index (Phi) is 5.73. The lowest BCUT2D eigenvalue weighted by molar-refractivity contribution is -0.114. The first-order valence-electron chi connectivity index (χ1n) is 8.96. The fourth-order valence-corrected chi connectivity index (χ4v) is 3.04. The Hall–Kier alpha value is -3.22. The zero-order valence-corrected chi connectivity index (χ0v) is 15.7. The predicted molar refractivity (Wildman–Crippen MR) is 102 cm³/mol. The van der Waals surface area contributed by atoms with E-state index in [2.05, 4.69) is 5.32 Å². The third-order valence-electron chi connectivity index (χ3n) is 4.64. The summed E-state index contributed by atoms with van der Waals surface area (Å²) in [5.41, 5.74) is 1.42. The molecule has 6 nitrogen and oxygen atoms in total. The summed E-state index contributed by atoms with van der Waals surface area (Å²) < 4.78 is 19.2. The van der Waals surface area contributed by atoms with Crippen molar-refractivity contribution in [3.05, 3.63) is 65.0 Å². The molecule has 1 fully saturated rings. The second-order valence-corrected chi connectivity index (χ2v) is 6.73. The van der Waals surface area contributed by atoms with E-state index in [0.29, 0.717) is 13.0 Å². The molecule has 28 heavy (non-hydrogen) atoms. The largest absolute Gasteiger partial charge is 0.445 e. The predicted octanol–water partition coefficient (Wildman–Crippen LogP) is 3.69. The van der Waals surface area contributed by atoms with Crippen molar-refractivity contribution in [1.82, 2.24) is 4.90 Å². The molecule has 2 aromatic rings. The molecule has 0 bridgehead atoms. The molecular weight excluding hydrogens is 363 g/mol. The van der Waals surface area contributed by atoms with Crippen LogP contribution in [0.25, 0.3) is 0 Å². The minimum atomic E-state index is -0.694. The van der Waals surface area contributed by atoms with Crippen LogP contribution in [0, 0.1) is 12.7 Å². The monoisotopic (exact) mass is 384 g/mol. The lowest BCUT2D eigenvalue weighted by Gasteiger charge is -2.39. The zero-order chi connectivity index (χ0) is 20.3. The summed E-state index contributed by atoms with van der Waals surface area (Å²) in [6.45, 7) is 3.34. The van der Waals surface area contributed by atoms with Gasteiger partial charge < -0.3 is 10.1 Å². The molecule has 7 heteroatoms. The average Bonchev–Trinajstić information content (AvgIpc) is 2.62. The number of halogens is 1. The number of carbonyl (C=O) groups excluding carboxylic acids is 3. The van der Waals surface area contributed by atoms with Crippen LogP contribution in [0.1, 0.15) is 34.8 Å². The number of likely N-dealkylation sites (tertiary alicyclic amines) is 1. The number of benzene rings is 2. The molecule has 3 rings (SSSR count). The standard InChI is InChI=1S/C21H21FN2O4/c1-13-10-16(18(11-17(13)22)23-14(2)25)20(26)19-8-9-24(19)21(27)28-12-15-6-4-3-5-7-15/h3-7,10-11,19H,8-9,12H2,1-2H3,(H,23,25)/t19-/m0/s1. The first-order chi connectivity index (χ1) is 13.4. The number of nitrogens with zero attached hydrogens (tertiary/aromatic N) is 1. The quantitative estimate of drug-likeness (QED) is 0.798. The van der Waals surface area contributed by atoms with Crippen molar-refractivity contribution in [2.75, 3.05) is 11.9 Å². The van der Waals surface area contributed by atoms with E-state index >= 15 is 0 Å². The molecule has 1 atom stereocenters. The molecule has 0 radical (unpaired) electrons. The summed E-state index contributed by atoms with van der Waals surface area (Å²) in [6, 6.07) is 11.1. The van der Waals surface area contributed by atoms with E-state index < -0.39 is 23.9 Å². The number of rotatable bonds is 5. The maximum absolute atomic E-state index is 13.9. The highest BCUT2D eigenvalue weighted by molar-refractivity contribution is 6.08. The molecule has 0 saturated carbocycles. The highest BCUT2D eigenvalue weighted by Gasteiger charge is 2.39. The van der Waals surface area contributed by atoms with Gasteiger partial charge in [0.1, 0.15) is 18.5 Å². The SMILES string of the molecule is CC(=O)Nc1cc(F)c(C)cc1C(=O)[C@@H]1CCN1C(=O)OCc1ccccc1. The molecule has 1 heterocycles. The van der Waals surface area contributed by atoms with E-state index in [-0.39, 0.29) is 29.2 Å². The summed E-state index contributed by atoms with van der Waals surface area (Å²) in [7, 11) is 0. The van der Waals surface area contributed by atoms with Crippen LogP contribution < -0.4 is 5.32 Å². The molecule has 0 aromatic heterocycles. The van der Waals surface area contributed by atoms with Gasteiger partial charge >= 0.3 is 6.09 Å². The molecule has 1 N–H and O–H groups in total. The van der Waals surface area contributed by atoms with E-state index in [1.807, 2.05) is 30.3 Å². The topological polar surface area (TPSA) is 75.7 Å². The number of anilines is 1. The van der Waals surface area contributed by atoms with Gasteiger partial charge in [0.15, 0.2) is 5.78 Å². The van der Waals surface area contributed by atoms with E-state index in [1.165, 1.54) is 24.8 Å². The van der Waals surface area contributed by atoms with Gasteiger partial charge in [0.05, 0.1) is 5.69 Å². The number of amides is 2. The van der Waals surface area contributed by atoms with Crippen LogP contribution in [0.4, 0.5) is 14.9 Å². The lowest BCUT2D eigenvalue weighted by Crippen LogP contribution is -2.55. The van der Waals surface area contributed by atoms with Crippen molar-refractivity contribution in [3.8, 4) is 0 Å². The number of ketones is 1. The summed E-state index contributed by atoms with van der Waals surface area (Å²) in [6.07, 6.45) is -0.0942. The molecule has 1 aliphatic rings. The fraction of sp³-hybridized carbons (Fsp3) is 0.286. The maximum Gasteiger partial charge on any atom is 0.410 e. The van der Waals surface area contributed by atoms with Crippen LogP contribution in [0.2, 0.25) is 0 Å². The van der Waals surface area contributed by atoms with E-state index in [1.54, 1.807) is 0 Å². The number of nitrogens with one attached hydrogen (secondary N) is 1. The molecule has 1 saturated heterocycles. The van der Waals surface area contributed by atoms with Gasteiger partial charge in [-0.3, -0.25) is 14.5 Å². The highest BCUT2D eigenvalue weighted by Crippen LogP contribution is 2.28. The average molecular weight is 384 g/mol. The minimum Gasteiger partial charge on any atom is -0.445 e. The fourth-order valence-electron chi connectivity index (χ4n) is 3.04. The minimum absolute atomic E-state index is 0.102. The Labute approximate surface area is 162 Å². The second-order valence-electron chi connectivity index (χ2n) is 6.73. The third kappa shape index (κ3) is 4.19. The molecule has 0 unspecified atom stereocenters. The van der Waals surface area contributed by atoms with Crippen molar-refractivity contribution in [3.63, 3.8) is 0 Å². The van der Waals surface area contributed by atoms with Gasteiger partial charge in [0.2, 0.25) is 5.91 Å². The first-order valence-corrected chi connectivity index (χ1v) is 8.96.